The van der Waals surface area contributed by atoms with Crippen molar-refractivity contribution in [1.29, 1.82) is 0 Å². The number of hydrogen-bond donors (Lipinski definition) is 1. The third-order valence-electron chi connectivity index (χ3n) is 5.01. The zero-order valence-corrected chi connectivity index (χ0v) is 15.0. The summed E-state index contributed by atoms with van der Waals surface area (Å²) in [7, 11) is 0. The smallest absolute Gasteiger partial charge is 0.387 e. The van der Waals surface area contributed by atoms with E-state index in [-0.39, 0.29) is 24.8 Å². The van der Waals surface area contributed by atoms with Gasteiger partial charge in [-0.05, 0) is 62.5 Å². The number of H-pyrrole nitrogens is 1. The Labute approximate surface area is 171 Å². The number of rotatable bonds is 7. The van der Waals surface area contributed by atoms with Crippen molar-refractivity contribution in [2.75, 3.05) is 20.5 Å². The second kappa shape index (κ2) is 7.80. The summed E-state index contributed by atoms with van der Waals surface area (Å²) in [6.07, 6.45) is 2.63. The monoisotopic (exact) mass is 392 g/mol. The maximum atomic E-state index is 12.8. The summed E-state index contributed by atoms with van der Waals surface area (Å²) < 4.78 is 81.9. The number of alkyl halides is 2. The topological polar surface area (TPSA) is 37.5 Å². The highest BCUT2D eigenvalue weighted by molar-refractivity contribution is 5.89. The lowest BCUT2D eigenvalue weighted by molar-refractivity contribution is -0.0504. The van der Waals surface area contributed by atoms with Gasteiger partial charge in [-0.2, -0.15) is 8.78 Å². The van der Waals surface area contributed by atoms with Crippen LogP contribution in [0.3, 0.4) is 0 Å². The van der Waals surface area contributed by atoms with E-state index in [9.17, 15) is 8.78 Å². The lowest BCUT2D eigenvalue weighted by Crippen LogP contribution is -2.15. The van der Waals surface area contributed by atoms with E-state index in [1.54, 1.807) is 24.4 Å². The lowest BCUT2D eigenvalue weighted by atomic mass is 10.1. The maximum Gasteiger partial charge on any atom is 0.387 e. The van der Waals surface area contributed by atoms with Crippen molar-refractivity contribution in [2.24, 2.45) is 0 Å². The first-order valence-corrected chi connectivity index (χ1v) is 9.05. The van der Waals surface area contributed by atoms with Crippen LogP contribution in [0, 0.1) is 0 Å². The van der Waals surface area contributed by atoms with Crippen LogP contribution in [0.2, 0.25) is 0 Å². The van der Waals surface area contributed by atoms with Gasteiger partial charge in [-0.1, -0.05) is 18.2 Å². The van der Waals surface area contributed by atoms with Gasteiger partial charge in [-0.15, -0.1) is 0 Å². The molecule has 2 aromatic carbocycles. The Bertz CT molecular complexity index is 1150. The molecule has 4 rings (SSSR count). The molecule has 1 heterocycles. The molecule has 1 N–H and O–H groups in total. The molecule has 0 spiro atoms. The minimum atomic E-state index is -2.91. The van der Waals surface area contributed by atoms with E-state index in [4.69, 9.17) is 13.0 Å². The van der Waals surface area contributed by atoms with Gasteiger partial charge in [0, 0.05) is 37.4 Å². The first-order chi connectivity index (χ1) is 15.9. The molecule has 0 saturated carbocycles. The van der Waals surface area contributed by atoms with Gasteiger partial charge < -0.3 is 19.4 Å². The quantitative estimate of drug-likeness (QED) is 0.619. The highest BCUT2D eigenvalue weighted by Crippen LogP contribution is 2.41. The summed E-state index contributed by atoms with van der Waals surface area (Å²) in [5, 5.41) is 0.729. The number of likely N-dealkylation sites (N-methyl/N-ethyl adjacent to an activating group) is 1. The predicted molar refractivity (Wildman–Crippen MR) is 105 cm³/mol. The Balaban J connectivity index is 1.60. The van der Waals surface area contributed by atoms with Crippen LogP contribution in [0.1, 0.15) is 37.4 Å². The van der Waals surface area contributed by atoms with Crippen molar-refractivity contribution in [3.63, 3.8) is 0 Å². The Morgan fingerprint density at radius 3 is 2.86 bits per heavy atom. The minimum absolute atomic E-state index is 0.147. The van der Waals surface area contributed by atoms with E-state index in [0.717, 1.165) is 22.0 Å². The van der Waals surface area contributed by atoms with Crippen molar-refractivity contribution in [3.8, 4) is 11.5 Å². The normalized spacial score (nSPS) is 20.2. The number of aromatic nitrogens is 1. The molecule has 0 saturated heterocycles. The molecule has 1 aromatic heterocycles. The number of halogens is 2. The predicted octanol–water partition coefficient (Wildman–Crippen LogP) is 4.94. The van der Waals surface area contributed by atoms with Crippen molar-refractivity contribution < 1.29 is 26.5 Å². The van der Waals surface area contributed by atoms with Gasteiger partial charge in [0.15, 0.2) is 0 Å². The highest BCUT2D eigenvalue weighted by Gasteiger charge is 2.28. The summed E-state index contributed by atoms with van der Waals surface area (Å²) in [6, 6.07) is 10.4. The fourth-order valence-electron chi connectivity index (χ4n) is 3.81. The van der Waals surface area contributed by atoms with Gasteiger partial charge in [0.1, 0.15) is 17.6 Å². The molecular formula is C22H24F2N2O2. The van der Waals surface area contributed by atoms with E-state index in [0.29, 0.717) is 29.1 Å². The first-order valence-electron chi connectivity index (χ1n) is 12.0. The van der Waals surface area contributed by atoms with Crippen molar-refractivity contribution in [1.82, 2.24) is 9.88 Å². The molecule has 1 aliphatic carbocycles. The third-order valence-corrected chi connectivity index (χ3v) is 5.01. The Kier molecular flexibility index (Phi) is 3.56. The summed E-state index contributed by atoms with van der Waals surface area (Å²) in [6.45, 7) is -8.63. The molecule has 3 aromatic rings. The average Bonchev–Trinajstić information content (AvgIpc) is 3.31. The molecule has 0 aliphatic heterocycles. The Morgan fingerprint density at radius 1 is 1.21 bits per heavy atom. The summed E-state index contributed by atoms with van der Waals surface area (Å²) in [5.74, 6) is 0.690. The van der Waals surface area contributed by atoms with Gasteiger partial charge in [0.25, 0.3) is 0 Å². The maximum absolute atomic E-state index is 12.8. The standard InChI is InChI=1S/C22H24F2N2O2/c1-26(2)12-11-14-13-25-17-6-4-8-20(21(14)17)27-19-10-9-16-15(19)5-3-7-18(16)28-22(23)24/h3-8,13,19,22,25H,9-12H2,1-2H3/t19-/m0/s1/i1D3,2D3. The number of nitrogens with zero attached hydrogens (tertiary/aromatic N) is 1. The van der Waals surface area contributed by atoms with Crippen LogP contribution in [-0.4, -0.2) is 37.0 Å². The molecule has 0 fully saturated rings. The van der Waals surface area contributed by atoms with E-state index in [2.05, 4.69) is 9.72 Å². The molecule has 4 nitrogen and oxygen atoms in total. The molecule has 0 bridgehead atoms. The van der Waals surface area contributed by atoms with Crippen LogP contribution in [0.4, 0.5) is 8.78 Å². The number of hydrogen-bond acceptors (Lipinski definition) is 3. The van der Waals surface area contributed by atoms with Gasteiger partial charge in [0.2, 0.25) is 0 Å². The van der Waals surface area contributed by atoms with E-state index < -0.39 is 20.6 Å². The highest BCUT2D eigenvalue weighted by atomic mass is 19.3. The number of ether oxygens (including phenoxy) is 2. The zero-order chi connectivity index (χ0) is 24.7. The fraction of sp³-hybridized carbons (Fsp3) is 0.364. The zero-order valence-electron chi connectivity index (χ0n) is 21.0. The molecular weight excluding hydrogens is 362 g/mol. The molecule has 1 aliphatic rings. The Hall–Kier alpha value is -2.60. The number of nitrogens with one attached hydrogen (secondary N) is 1. The van der Waals surface area contributed by atoms with Crippen molar-refractivity contribution in [2.45, 2.75) is 32.0 Å². The summed E-state index contributed by atoms with van der Waals surface area (Å²) in [5.41, 5.74) is 2.95. The van der Waals surface area contributed by atoms with E-state index in [1.165, 1.54) is 6.07 Å². The fourth-order valence-corrected chi connectivity index (χ4v) is 3.81. The van der Waals surface area contributed by atoms with E-state index >= 15 is 0 Å². The number of benzene rings is 2. The molecule has 28 heavy (non-hydrogen) atoms. The first kappa shape index (κ1) is 12.8. The molecule has 0 amide bonds. The second-order valence-corrected chi connectivity index (χ2v) is 6.74. The van der Waals surface area contributed by atoms with Crippen LogP contribution in [0.5, 0.6) is 11.5 Å². The summed E-state index contributed by atoms with van der Waals surface area (Å²) in [4.78, 5) is 3.65. The Morgan fingerprint density at radius 2 is 2.04 bits per heavy atom. The lowest BCUT2D eigenvalue weighted by Gasteiger charge is -2.17. The van der Waals surface area contributed by atoms with Gasteiger partial charge in [0.05, 0.1) is 0 Å². The van der Waals surface area contributed by atoms with Gasteiger partial charge in [-0.3, -0.25) is 0 Å². The van der Waals surface area contributed by atoms with Crippen molar-refractivity contribution >= 4 is 10.9 Å². The molecule has 148 valence electrons. The van der Waals surface area contributed by atoms with Crippen LogP contribution in [-0.2, 0) is 12.8 Å². The van der Waals surface area contributed by atoms with E-state index in [1.807, 2.05) is 12.1 Å². The molecule has 0 unspecified atom stereocenters. The average molecular weight is 392 g/mol. The number of aromatic amines is 1. The minimum Gasteiger partial charge on any atom is -0.485 e. The molecule has 0 radical (unpaired) electrons. The van der Waals surface area contributed by atoms with Crippen LogP contribution < -0.4 is 9.47 Å². The number of fused-ring (bicyclic) bond motifs is 2. The molecule has 6 heteroatoms. The van der Waals surface area contributed by atoms with Crippen molar-refractivity contribution in [3.05, 3.63) is 59.3 Å². The SMILES string of the molecule is [2H]C([2H])([2H])N(CCc1c[nH]c2cccc(O[C@H]3CCc4c(OC(F)F)cccc43)c12)C([2H])([2H])[2H]. The third kappa shape index (κ3) is 3.69. The largest absolute Gasteiger partial charge is 0.485 e. The second-order valence-electron chi connectivity index (χ2n) is 6.74. The van der Waals surface area contributed by atoms with Crippen LogP contribution in [0.25, 0.3) is 10.9 Å². The van der Waals surface area contributed by atoms with Gasteiger partial charge >= 0.3 is 6.61 Å². The molecule has 1 atom stereocenters. The summed E-state index contributed by atoms with van der Waals surface area (Å²) >= 11 is 0. The van der Waals surface area contributed by atoms with Crippen LogP contribution >= 0.6 is 0 Å². The van der Waals surface area contributed by atoms with Gasteiger partial charge in [-0.25, -0.2) is 0 Å². The van der Waals surface area contributed by atoms with Crippen LogP contribution in [0.15, 0.2) is 42.6 Å².